The fourth-order valence-corrected chi connectivity index (χ4v) is 5.90. The standard InChI is InChI=1S/C27H38N4O3S/c1-4-5-14-31-24(32)11-10-22(25(31)21-8-6-7-9-23(21)34-3)26(33)29-27-28-20(18-35-27)17-30-15-12-19(2)13-16-30/h6-9,18-19,22,25H,4-5,10-17H2,1-3H3,(H,28,29,33)/t22-,25+/m1/s1. The number of ether oxygens (including phenoxy) is 1. The number of anilines is 1. The minimum Gasteiger partial charge on any atom is -0.496 e. The number of carbonyl (C=O) groups excluding carboxylic acids is 2. The number of carbonyl (C=O) groups is 2. The number of nitrogens with zero attached hydrogens (tertiary/aromatic N) is 3. The topological polar surface area (TPSA) is 74.8 Å². The highest BCUT2D eigenvalue weighted by molar-refractivity contribution is 7.13. The second-order valence-corrected chi connectivity index (χ2v) is 10.7. The first-order valence-corrected chi connectivity index (χ1v) is 13.8. The van der Waals surface area contributed by atoms with Gasteiger partial charge in [-0.15, -0.1) is 11.3 Å². The molecule has 4 rings (SSSR count). The van der Waals surface area contributed by atoms with E-state index in [2.05, 4.69) is 24.1 Å². The number of aromatic nitrogens is 1. The van der Waals surface area contributed by atoms with Crippen molar-refractivity contribution in [2.75, 3.05) is 32.1 Å². The third kappa shape index (κ3) is 6.22. The molecule has 35 heavy (non-hydrogen) atoms. The number of piperidine rings is 2. The summed E-state index contributed by atoms with van der Waals surface area (Å²) in [4.78, 5) is 35.6. The predicted molar refractivity (Wildman–Crippen MR) is 139 cm³/mol. The van der Waals surface area contributed by atoms with Crippen molar-refractivity contribution in [3.8, 4) is 5.75 Å². The van der Waals surface area contributed by atoms with Crippen LogP contribution in [0.25, 0.3) is 0 Å². The highest BCUT2D eigenvalue weighted by Gasteiger charge is 2.41. The summed E-state index contributed by atoms with van der Waals surface area (Å²) in [5.41, 5.74) is 1.89. The number of hydrogen-bond donors (Lipinski definition) is 1. The number of nitrogens with one attached hydrogen (secondary N) is 1. The molecule has 2 atom stereocenters. The summed E-state index contributed by atoms with van der Waals surface area (Å²) in [6.07, 6.45) is 5.23. The van der Waals surface area contributed by atoms with Crippen LogP contribution in [0.15, 0.2) is 29.6 Å². The van der Waals surface area contributed by atoms with Gasteiger partial charge in [0, 0.05) is 30.5 Å². The van der Waals surface area contributed by atoms with E-state index < -0.39 is 0 Å². The highest BCUT2D eigenvalue weighted by atomic mass is 32.1. The zero-order chi connectivity index (χ0) is 24.8. The number of methoxy groups -OCH3 is 1. The molecule has 1 N–H and O–H groups in total. The number of likely N-dealkylation sites (tertiary alicyclic amines) is 2. The number of rotatable bonds is 9. The van der Waals surface area contributed by atoms with Gasteiger partial charge >= 0.3 is 0 Å². The van der Waals surface area contributed by atoms with Crippen LogP contribution in [0, 0.1) is 11.8 Å². The first-order chi connectivity index (χ1) is 17.0. The maximum atomic E-state index is 13.6. The van der Waals surface area contributed by atoms with E-state index in [-0.39, 0.29) is 23.8 Å². The molecule has 2 aromatic rings. The fraction of sp³-hybridized carbons (Fsp3) is 0.593. The van der Waals surface area contributed by atoms with Crippen molar-refractivity contribution in [2.24, 2.45) is 11.8 Å². The quantitative estimate of drug-likeness (QED) is 0.521. The summed E-state index contributed by atoms with van der Waals surface area (Å²) in [5, 5.41) is 5.75. The molecule has 0 unspecified atom stereocenters. The van der Waals surface area contributed by atoms with Gasteiger partial charge < -0.3 is 15.0 Å². The zero-order valence-corrected chi connectivity index (χ0v) is 22.0. The van der Waals surface area contributed by atoms with Crippen LogP contribution in [0.1, 0.15) is 69.7 Å². The predicted octanol–water partition coefficient (Wildman–Crippen LogP) is 5.10. The summed E-state index contributed by atoms with van der Waals surface area (Å²) in [7, 11) is 1.63. The van der Waals surface area contributed by atoms with Crippen LogP contribution in [-0.4, -0.2) is 53.3 Å². The Bertz CT molecular complexity index is 1000. The molecule has 3 heterocycles. The molecule has 1 aromatic heterocycles. The second-order valence-electron chi connectivity index (χ2n) is 9.86. The third-order valence-corrected chi connectivity index (χ3v) is 8.10. The molecule has 2 aliphatic heterocycles. The molecular weight excluding hydrogens is 460 g/mol. The number of hydrogen-bond acceptors (Lipinski definition) is 6. The minimum atomic E-state index is -0.364. The number of amides is 2. The van der Waals surface area contributed by atoms with Gasteiger partial charge in [-0.1, -0.05) is 38.5 Å². The Hall–Kier alpha value is -2.45. The van der Waals surface area contributed by atoms with Gasteiger partial charge in [-0.25, -0.2) is 4.98 Å². The van der Waals surface area contributed by atoms with Gasteiger partial charge in [0.1, 0.15) is 5.75 Å². The van der Waals surface area contributed by atoms with Gasteiger partial charge in [-0.2, -0.15) is 0 Å². The number of thiazole rings is 1. The van der Waals surface area contributed by atoms with E-state index >= 15 is 0 Å². The Balaban J connectivity index is 1.51. The largest absolute Gasteiger partial charge is 0.496 e. The maximum absolute atomic E-state index is 13.6. The average Bonchev–Trinajstić information content (AvgIpc) is 3.30. The van der Waals surface area contributed by atoms with Gasteiger partial charge in [0.25, 0.3) is 0 Å². The van der Waals surface area contributed by atoms with Crippen LogP contribution in [0.4, 0.5) is 5.13 Å². The molecule has 2 fully saturated rings. The van der Waals surface area contributed by atoms with Crippen LogP contribution in [0.2, 0.25) is 0 Å². The zero-order valence-electron chi connectivity index (χ0n) is 21.2. The second kappa shape index (κ2) is 12.0. The first kappa shape index (κ1) is 25.6. The molecular formula is C27H38N4O3S. The van der Waals surface area contributed by atoms with Crippen molar-refractivity contribution in [1.29, 1.82) is 0 Å². The van der Waals surface area contributed by atoms with Crippen LogP contribution in [-0.2, 0) is 16.1 Å². The molecule has 7 nitrogen and oxygen atoms in total. The lowest BCUT2D eigenvalue weighted by molar-refractivity contribution is -0.142. The Kier molecular flexibility index (Phi) is 8.78. The lowest BCUT2D eigenvalue weighted by Crippen LogP contribution is -2.47. The molecule has 8 heteroatoms. The summed E-state index contributed by atoms with van der Waals surface area (Å²) >= 11 is 1.48. The number of benzene rings is 1. The van der Waals surface area contributed by atoms with E-state index in [9.17, 15) is 9.59 Å². The lowest BCUT2D eigenvalue weighted by Gasteiger charge is -2.41. The SMILES string of the molecule is CCCCN1C(=O)CC[C@@H](C(=O)Nc2nc(CN3CCC(C)CC3)cs2)[C@@H]1c1ccccc1OC. The van der Waals surface area contributed by atoms with Gasteiger partial charge in [-0.05, 0) is 50.8 Å². The molecule has 0 spiro atoms. The molecule has 0 radical (unpaired) electrons. The molecule has 190 valence electrons. The van der Waals surface area contributed by atoms with Crippen molar-refractivity contribution in [1.82, 2.24) is 14.8 Å². The minimum absolute atomic E-state index is 0.0809. The first-order valence-electron chi connectivity index (χ1n) is 12.9. The molecule has 1 aromatic carbocycles. The summed E-state index contributed by atoms with van der Waals surface area (Å²) in [6, 6.07) is 7.38. The van der Waals surface area contributed by atoms with E-state index in [1.165, 1.54) is 24.2 Å². The van der Waals surface area contributed by atoms with Crippen molar-refractivity contribution in [3.63, 3.8) is 0 Å². The fourth-order valence-electron chi connectivity index (χ4n) is 5.20. The average molecular weight is 499 g/mol. The molecule has 0 aliphatic carbocycles. The van der Waals surface area contributed by atoms with E-state index in [1.807, 2.05) is 34.5 Å². The normalized spacial score (nSPS) is 21.8. The summed E-state index contributed by atoms with van der Waals surface area (Å²) in [5.74, 6) is 1.16. The van der Waals surface area contributed by atoms with E-state index in [4.69, 9.17) is 9.72 Å². The Morgan fingerprint density at radius 2 is 2.00 bits per heavy atom. The van der Waals surface area contributed by atoms with E-state index in [1.54, 1.807) is 7.11 Å². The Morgan fingerprint density at radius 1 is 1.23 bits per heavy atom. The van der Waals surface area contributed by atoms with Crippen molar-refractivity contribution in [3.05, 3.63) is 40.9 Å². The molecule has 0 bridgehead atoms. The molecule has 2 saturated heterocycles. The monoisotopic (exact) mass is 498 g/mol. The molecule has 2 amide bonds. The Labute approximate surface area is 212 Å². The Morgan fingerprint density at radius 3 is 2.74 bits per heavy atom. The maximum Gasteiger partial charge on any atom is 0.231 e. The van der Waals surface area contributed by atoms with Crippen molar-refractivity contribution in [2.45, 2.75) is 65.0 Å². The molecule has 2 aliphatic rings. The highest BCUT2D eigenvalue weighted by Crippen LogP contribution is 2.41. The van der Waals surface area contributed by atoms with Gasteiger partial charge in [-0.3, -0.25) is 14.5 Å². The van der Waals surface area contributed by atoms with Crippen molar-refractivity contribution < 1.29 is 14.3 Å². The number of para-hydroxylation sites is 1. The summed E-state index contributed by atoms with van der Waals surface area (Å²) in [6.45, 7) is 8.09. The van der Waals surface area contributed by atoms with Crippen molar-refractivity contribution >= 4 is 28.3 Å². The van der Waals surface area contributed by atoms with Crippen LogP contribution in [0.5, 0.6) is 5.75 Å². The van der Waals surface area contributed by atoms with Crippen LogP contribution < -0.4 is 10.1 Å². The van der Waals surface area contributed by atoms with Crippen LogP contribution in [0.3, 0.4) is 0 Å². The smallest absolute Gasteiger partial charge is 0.231 e. The summed E-state index contributed by atoms with van der Waals surface area (Å²) < 4.78 is 5.63. The third-order valence-electron chi connectivity index (χ3n) is 7.30. The van der Waals surface area contributed by atoms with E-state index in [0.29, 0.717) is 30.3 Å². The van der Waals surface area contributed by atoms with Gasteiger partial charge in [0.2, 0.25) is 11.8 Å². The number of unbranched alkanes of at least 4 members (excludes halogenated alkanes) is 1. The van der Waals surface area contributed by atoms with Gasteiger partial charge in [0.15, 0.2) is 5.13 Å². The lowest BCUT2D eigenvalue weighted by atomic mass is 9.83. The van der Waals surface area contributed by atoms with Crippen LogP contribution >= 0.6 is 11.3 Å². The molecule has 0 saturated carbocycles. The van der Waals surface area contributed by atoms with E-state index in [0.717, 1.165) is 49.7 Å². The van der Waals surface area contributed by atoms with Gasteiger partial charge in [0.05, 0.1) is 24.8 Å².